The molecule has 0 aliphatic rings. The van der Waals surface area contributed by atoms with E-state index < -0.39 is 5.97 Å². The van der Waals surface area contributed by atoms with Crippen LogP contribution in [0.5, 0.6) is 0 Å². The van der Waals surface area contributed by atoms with Crippen LogP contribution in [0.2, 0.25) is 0 Å². The molecular weight excluding hydrogens is 258 g/mol. The lowest BCUT2D eigenvalue weighted by atomic mass is 10.2. The van der Waals surface area contributed by atoms with Crippen LogP contribution in [0.25, 0.3) is 10.9 Å². The van der Waals surface area contributed by atoms with E-state index in [2.05, 4.69) is 11.1 Å². The van der Waals surface area contributed by atoms with Crippen molar-refractivity contribution in [3.63, 3.8) is 0 Å². The molecule has 3 rings (SSSR count). The van der Waals surface area contributed by atoms with E-state index in [0.29, 0.717) is 5.56 Å². The molecule has 3 aromatic rings. The van der Waals surface area contributed by atoms with Crippen LogP contribution in [-0.4, -0.2) is 16.1 Å². The van der Waals surface area contributed by atoms with Gasteiger partial charge in [-0.15, -0.1) is 0 Å². The molecule has 2 N–H and O–H groups in total. The first-order valence-electron chi connectivity index (χ1n) is 5.81. The molecule has 0 spiro atoms. The Morgan fingerprint density at radius 3 is 2.68 bits per heavy atom. The smallest absolute Gasteiger partial charge is 0.335 e. The second kappa shape index (κ2) is 4.82. The summed E-state index contributed by atoms with van der Waals surface area (Å²) in [6.45, 7) is 0. The summed E-state index contributed by atoms with van der Waals surface area (Å²) in [7, 11) is 0. The first-order valence-corrected chi connectivity index (χ1v) is 6.63. The zero-order chi connectivity index (χ0) is 13.2. The maximum absolute atomic E-state index is 10.9. The molecule has 0 unspecified atom stereocenters. The number of nitrogens with one attached hydrogen (secondary N) is 1. The molecule has 0 radical (unpaired) electrons. The van der Waals surface area contributed by atoms with Crippen LogP contribution in [0.15, 0.2) is 64.5 Å². The molecule has 94 valence electrons. The number of aromatic carboxylic acids is 1. The van der Waals surface area contributed by atoms with Crippen molar-refractivity contribution in [2.24, 2.45) is 0 Å². The Balaban J connectivity index is 1.92. The quantitative estimate of drug-likeness (QED) is 0.755. The molecular formula is C15H11NO2S. The van der Waals surface area contributed by atoms with Gasteiger partial charge in [-0.2, -0.15) is 0 Å². The summed E-state index contributed by atoms with van der Waals surface area (Å²) in [5.74, 6) is -0.904. The summed E-state index contributed by atoms with van der Waals surface area (Å²) in [4.78, 5) is 15.1. The number of benzene rings is 2. The largest absolute Gasteiger partial charge is 0.478 e. The standard InChI is InChI=1S/C15H11NO2S/c17-15(18)11-5-3-6-12(8-11)19-14-9-10-4-1-2-7-13(10)16-14/h1-9,16H,(H,17,18). The zero-order valence-corrected chi connectivity index (χ0v) is 10.8. The number of hydrogen-bond acceptors (Lipinski definition) is 2. The molecule has 1 aromatic heterocycles. The average Bonchev–Trinajstić information content (AvgIpc) is 2.81. The van der Waals surface area contributed by atoms with Crippen molar-refractivity contribution in [1.29, 1.82) is 0 Å². The molecule has 0 bridgehead atoms. The highest BCUT2D eigenvalue weighted by Gasteiger charge is 2.06. The van der Waals surface area contributed by atoms with E-state index in [1.165, 1.54) is 11.8 Å². The van der Waals surface area contributed by atoms with Gasteiger partial charge in [0.2, 0.25) is 0 Å². The lowest BCUT2D eigenvalue weighted by Crippen LogP contribution is -1.95. The van der Waals surface area contributed by atoms with Gasteiger partial charge in [-0.05, 0) is 30.3 Å². The van der Waals surface area contributed by atoms with Crippen LogP contribution in [0.4, 0.5) is 0 Å². The molecule has 3 nitrogen and oxygen atoms in total. The highest BCUT2D eigenvalue weighted by atomic mass is 32.2. The molecule has 0 aliphatic carbocycles. The van der Waals surface area contributed by atoms with Crippen LogP contribution < -0.4 is 0 Å². The van der Waals surface area contributed by atoms with E-state index in [0.717, 1.165) is 20.8 Å². The molecule has 4 heteroatoms. The number of H-pyrrole nitrogens is 1. The predicted octanol–water partition coefficient (Wildman–Crippen LogP) is 4.02. The number of para-hydroxylation sites is 1. The summed E-state index contributed by atoms with van der Waals surface area (Å²) in [6.07, 6.45) is 0. The first kappa shape index (κ1) is 11.9. The van der Waals surface area contributed by atoms with Crippen LogP contribution in [0.1, 0.15) is 10.4 Å². The summed E-state index contributed by atoms with van der Waals surface area (Å²) >= 11 is 1.53. The normalized spacial score (nSPS) is 10.7. The van der Waals surface area contributed by atoms with Crippen molar-refractivity contribution in [1.82, 2.24) is 4.98 Å². The van der Waals surface area contributed by atoms with Crippen molar-refractivity contribution in [3.05, 3.63) is 60.2 Å². The topological polar surface area (TPSA) is 53.1 Å². The van der Waals surface area contributed by atoms with Gasteiger partial charge < -0.3 is 10.1 Å². The molecule has 0 aliphatic heterocycles. The molecule has 0 atom stereocenters. The minimum absolute atomic E-state index is 0.307. The Bertz CT molecular complexity index is 715. The summed E-state index contributed by atoms with van der Waals surface area (Å²) in [5.41, 5.74) is 1.39. The fourth-order valence-corrected chi connectivity index (χ4v) is 2.85. The Morgan fingerprint density at radius 1 is 1.05 bits per heavy atom. The number of fused-ring (bicyclic) bond motifs is 1. The van der Waals surface area contributed by atoms with E-state index in [-0.39, 0.29) is 0 Å². The number of hydrogen-bond donors (Lipinski definition) is 2. The van der Waals surface area contributed by atoms with E-state index in [1.807, 2.05) is 30.3 Å². The molecule has 2 aromatic carbocycles. The van der Waals surface area contributed by atoms with Gasteiger partial charge in [-0.1, -0.05) is 36.0 Å². The zero-order valence-electron chi connectivity index (χ0n) is 9.96. The van der Waals surface area contributed by atoms with Gasteiger partial charge in [-0.3, -0.25) is 0 Å². The summed E-state index contributed by atoms with van der Waals surface area (Å²) in [6, 6.07) is 17.0. The molecule has 1 heterocycles. The van der Waals surface area contributed by atoms with Gasteiger partial charge in [0.1, 0.15) is 0 Å². The van der Waals surface area contributed by atoms with Crippen molar-refractivity contribution >= 4 is 28.6 Å². The number of aromatic amines is 1. The highest BCUT2D eigenvalue weighted by Crippen LogP contribution is 2.30. The van der Waals surface area contributed by atoms with Crippen LogP contribution in [0, 0.1) is 0 Å². The Labute approximate surface area is 114 Å². The van der Waals surface area contributed by atoms with Gasteiger partial charge in [0.25, 0.3) is 0 Å². The van der Waals surface area contributed by atoms with E-state index >= 15 is 0 Å². The lowest BCUT2D eigenvalue weighted by molar-refractivity contribution is 0.0696. The van der Waals surface area contributed by atoms with Crippen LogP contribution in [0.3, 0.4) is 0 Å². The van der Waals surface area contributed by atoms with Crippen molar-refractivity contribution in [2.75, 3.05) is 0 Å². The number of aromatic nitrogens is 1. The molecule has 0 saturated heterocycles. The number of rotatable bonds is 3. The van der Waals surface area contributed by atoms with Gasteiger partial charge in [0, 0.05) is 15.8 Å². The summed E-state index contributed by atoms with van der Waals surface area (Å²) < 4.78 is 0. The molecule has 0 saturated carbocycles. The van der Waals surface area contributed by atoms with Crippen LogP contribution >= 0.6 is 11.8 Å². The van der Waals surface area contributed by atoms with Gasteiger partial charge >= 0.3 is 5.97 Å². The third kappa shape index (κ3) is 2.48. The number of carboxylic acid groups (broad SMARTS) is 1. The second-order valence-electron chi connectivity index (χ2n) is 4.16. The van der Waals surface area contributed by atoms with Crippen LogP contribution in [-0.2, 0) is 0 Å². The van der Waals surface area contributed by atoms with Gasteiger partial charge in [0.15, 0.2) is 0 Å². The fraction of sp³-hybridized carbons (Fsp3) is 0. The third-order valence-electron chi connectivity index (χ3n) is 2.81. The highest BCUT2D eigenvalue weighted by molar-refractivity contribution is 7.99. The molecule has 19 heavy (non-hydrogen) atoms. The molecule has 0 amide bonds. The van der Waals surface area contributed by atoms with E-state index in [1.54, 1.807) is 18.2 Å². The van der Waals surface area contributed by atoms with Crippen molar-refractivity contribution in [3.8, 4) is 0 Å². The average molecular weight is 269 g/mol. The summed E-state index contributed by atoms with van der Waals surface area (Å²) in [5, 5.41) is 11.1. The Kier molecular flexibility index (Phi) is 3.01. The minimum atomic E-state index is -0.904. The number of carboxylic acids is 1. The fourth-order valence-electron chi connectivity index (χ4n) is 1.92. The maximum Gasteiger partial charge on any atom is 0.335 e. The molecule has 0 fully saturated rings. The Morgan fingerprint density at radius 2 is 1.89 bits per heavy atom. The first-order chi connectivity index (χ1) is 9.22. The van der Waals surface area contributed by atoms with Gasteiger partial charge in [0.05, 0.1) is 10.6 Å². The van der Waals surface area contributed by atoms with Crippen molar-refractivity contribution < 1.29 is 9.90 Å². The van der Waals surface area contributed by atoms with Gasteiger partial charge in [-0.25, -0.2) is 4.79 Å². The van der Waals surface area contributed by atoms with E-state index in [4.69, 9.17) is 5.11 Å². The minimum Gasteiger partial charge on any atom is -0.478 e. The monoisotopic (exact) mass is 269 g/mol. The predicted molar refractivity (Wildman–Crippen MR) is 75.8 cm³/mol. The third-order valence-corrected chi connectivity index (χ3v) is 3.74. The second-order valence-corrected chi connectivity index (χ2v) is 5.27. The van der Waals surface area contributed by atoms with E-state index in [9.17, 15) is 4.79 Å². The lowest BCUT2D eigenvalue weighted by Gasteiger charge is -2.00. The number of carbonyl (C=O) groups is 1. The Hall–Kier alpha value is -2.20. The van der Waals surface area contributed by atoms with Crippen molar-refractivity contribution in [2.45, 2.75) is 9.92 Å². The maximum atomic E-state index is 10.9. The SMILES string of the molecule is O=C(O)c1cccc(Sc2cc3ccccc3[nH]2)c1.